The number of aromatic nitrogens is 1. The molecule has 0 saturated carbocycles. The Morgan fingerprint density at radius 2 is 1.54 bits per heavy atom. The number of rotatable bonds is 8. The standard InChI is InChI=1S/C22H25NO/c1-2-3-4-11-16-21-20(17-18-12-7-5-8-13-18)22(23-24-21)19-14-9-6-10-15-19/h5-10,12-15H,2-4,11,16-17H2,1H3. The van der Waals surface area contributed by atoms with Gasteiger partial charge >= 0.3 is 0 Å². The molecule has 24 heavy (non-hydrogen) atoms. The van der Waals surface area contributed by atoms with Crippen molar-refractivity contribution in [3.05, 3.63) is 77.6 Å². The van der Waals surface area contributed by atoms with Gasteiger partial charge in [0.05, 0.1) is 0 Å². The Morgan fingerprint density at radius 3 is 2.25 bits per heavy atom. The second-order valence-corrected chi connectivity index (χ2v) is 6.27. The molecule has 0 radical (unpaired) electrons. The van der Waals surface area contributed by atoms with Crippen molar-refractivity contribution in [3.8, 4) is 11.3 Å². The predicted molar refractivity (Wildman–Crippen MR) is 99.0 cm³/mol. The van der Waals surface area contributed by atoms with Crippen LogP contribution < -0.4 is 0 Å². The van der Waals surface area contributed by atoms with E-state index in [1.807, 2.05) is 6.07 Å². The molecule has 0 aliphatic carbocycles. The summed E-state index contributed by atoms with van der Waals surface area (Å²) >= 11 is 0. The van der Waals surface area contributed by atoms with Gasteiger partial charge in [-0.05, 0) is 12.0 Å². The number of unbranched alkanes of at least 4 members (excludes halogenated alkanes) is 3. The van der Waals surface area contributed by atoms with Crippen molar-refractivity contribution in [2.24, 2.45) is 0 Å². The molecule has 2 heteroatoms. The minimum absolute atomic E-state index is 0.873. The molecule has 2 nitrogen and oxygen atoms in total. The van der Waals surface area contributed by atoms with Gasteiger partial charge in [0.25, 0.3) is 0 Å². The lowest BCUT2D eigenvalue weighted by molar-refractivity contribution is 0.379. The van der Waals surface area contributed by atoms with Crippen LogP contribution in [0.25, 0.3) is 11.3 Å². The molecular formula is C22H25NO. The smallest absolute Gasteiger partial charge is 0.140 e. The number of nitrogens with zero attached hydrogens (tertiary/aromatic N) is 1. The molecule has 0 unspecified atom stereocenters. The maximum atomic E-state index is 5.75. The Labute approximate surface area is 144 Å². The molecule has 0 fully saturated rings. The zero-order valence-electron chi connectivity index (χ0n) is 14.4. The van der Waals surface area contributed by atoms with E-state index in [9.17, 15) is 0 Å². The summed E-state index contributed by atoms with van der Waals surface area (Å²) in [6, 6.07) is 20.9. The molecule has 0 aliphatic rings. The highest BCUT2D eigenvalue weighted by atomic mass is 16.5. The molecule has 0 N–H and O–H groups in total. The van der Waals surface area contributed by atoms with E-state index in [0.717, 1.165) is 29.9 Å². The van der Waals surface area contributed by atoms with Gasteiger partial charge < -0.3 is 4.52 Å². The molecular weight excluding hydrogens is 294 g/mol. The van der Waals surface area contributed by atoms with Crippen molar-refractivity contribution in [1.29, 1.82) is 0 Å². The van der Waals surface area contributed by atoms with Crippen LogP contribution in [0.15, 0.2) is 65.2 Å². The van der Waals surface area contributed by atoms with Crippen LogP contribution in [-0.4, -0.2) is 5.16 Å². The fourth-order valence-corrected chi connectivity index (χ4v) is 3.06. The van der Waals surface area contributed by atoms with Gasteiger partial charge in [0.2, 0.25) is 0 Å². The Balaban J connectivity index is 1.87. The molecule has 3 rings (SSSR count). The van der Waals surface area contributed by atoms with Crippen molar-refractivity contribution in [1.82, 2.24) is 5.16 Å². The van der Waals surface area contributed by atoms with Crippen molar-refractivity contribution in [3.63, 3.8) is 0 Å². The van der Waals surface area contributed by atoms with E-state index in [-0.39, 0.29) is 0 Å². The van der Waals surface area contributed by atoms with Crippen LogP contribution in [-0.2, 0) is 12.8 Å². The Kier molecular flexibility index (Phi) is 5.84. The van der Waals surface area contributed by atoms with Gasteiger partial charge in [-0.1, -0.05) is 92.0 Å². The normalized spacial score (nSPS) is 10.9. The summed E-state index contributed by atoms with van der Waals surface area (Å²) in [4.78, 5) is 0. The van der Waals surface area contributed by atoms with E-state index < -0.39 is 0 Å². The second kappa shape index (κ2) is 8.49. The van der Waals surface area contributed by atoms with Crippen LogP contribution in [0, 0.1) is 0 Å². The Hall–Kier alpha value is -2.35. The van der Waals surface area contributed by atoms with E-state index >= 15 is 0 Å². The molecule has 0 spiro atoms. The average Bonchev–Trinajstić information content (AvgIpc) is 3.03. The summed E-state index contributed by atoms with van der Waals surface area (Å²) in [6.07, 6.45) is 6.80. The van der Waals surface area contributed by atoms with Gasteiger partial charge in [0, 0.05) is 24.0 Å². The molecule has 2 aromatic carbocycles. The summed E-state index contributed by atoms with van der Waals surface area (Å²) in [5.74, 6) is 1.05. The lowest BCUT2D eigenvalue weighted by atomic mass is 9.97. The number of aryl methyl sites for hydroxylation is 1. The summed E-state index contributed by atoms with van der Waals surface area (Å²) in [7, 11) is 0. The summed E-state index contributed by atoms with van der Waals surface area (Å²) in [6.45, 7) is 2.24. The fraction of sp³-hybridized carbons (Fsp3) is 0.318. The van der Waals surface area contributed by atoms with E-state index in [0.29, 0.717) is 0 Å². The monoisotopic (exact) mass is 319 g/mol. The van der Waals surface area contributed by atoms with Crippen LogP contribution in [0.1, 0.15) is 49.5 Å². The van der Waals surface area contributed by atoms with Crippen molar-refractivity contribution in [2.75, 3.05) is 0 Å². The molecule has 0 aliphatic heterocycles. The largest absolute Gasteiger partial charge is 0.360 e. The molecule has 1 aromatic heterocycles. The Bertz CT molecular complexity index is 731. The van der Waals surface area contributed by atoms with E-state index in [1.54, 1.807) is 0 Å². The Morgan fingerprint density at radius 1 is 0.833 bits per heavy atom. The highest BCUT2D eigenvalue weighted by molar-refractivity contribution is 5.64. The van der Waals surface area contributed by atoms with Gasteiger partial charge in [-0.3, -0.25) is 0 Å². The first kappa shape index (κ1) is 16.5. The van der Waals surface area contributed by atoms with E-state index in [1.165, 1.54) is 36.8 Å². The van der Waals surface area contributed by atoms with Gasteiger partial charge in [-0.2, -0.15) is 0 Å². The third kappa shape index (κ3) is 4.14. The predicted octanol–water partition coefficient (Wildman–Crippen LogP) is 6.06. The van der Waals surface area contributed by atoms with Gasteiger partial charge in [-0.15, -0.1) is 0 Å². The van der Waals surface area contributed by atoms with Crippen LogP contribution >= 0.6 is 0 Å². The van der Waals surface area contributed by atoms with Crippen molar-refractivity contribution < 1.29 is 4.52 Å². The molecule has 3 aromatic rings. The summed E-state index contributed by atoms with van der Waals surface area (Å²) in [5, 5.41) is 4.41. The zero-order valence-corrected chi connectivity index (χ0v) is 14.4. The molecule has 1 heterocycles. The fourth-order valence-electron chi connectivity index (χ4n) is 3.06. The van der Waals surface area contributed by atoms with Gasteiger partial charge in [0.1, 0.15) is 11.5 Å². The van der Waals surface area contributed by atoms with Crippen molar-refractivity contribution >= 4 is 0 Å². The number of hydrogen-bond acceptors (Lipinski definition) is 2. The first-order valence-electron chi connectivity index (χ1n) is 8.95. The number of benzene rings is 2. The quantitative estimate of drug-likeness (QED) is 0.472. The third-order valence-corrected chi connectivity index (χ3v) is 4.40. The van der Waals surface area contributed by atoms with E-state index in [4.69, 9.17) is 4.52 Å². The lowest BCUT2D eigenvalue weighted by Crippen LogP contribution is -1.95. The van der Waals surface area contributed by atoms with E-state index in [2.05, 4.69) is 66.7 Å². The van der Waals surface area contributed by atoms with Gasteiger partial charge in [0.15, 0.2) is 0 Å². The minimum atomic E-state index is 0.873. The first-order valence-corrected chi connectivity index (χ1v) is 8.95. The SMILES string of the molecule is CCCCCCc1onc(-c2ccccc2)c1Cc1ccccc1. The summed E-state index contributed by atoms with van der Waals surface area (Å²) < 4.78 is 5.75. The van der Waals surface area contributed by atoms with Gasteiger partial charge in [-0.25, -0.2) is 0 Å². The molecule has 124 valence electrons. The zero-order chi connectivity index (χ0) is 16.6. The lowest BCUT2D eigenvalue weighted by Gasteiger charge is -2.05. The van der Waals surface area contributed by atoms with Crippen LogP contribution in [0.5, 0.6) is 0 Å². The highest BCUT2D eigenvalue weighted by Crippen LogP contribution is 2.28. The molecule has 0 bridgehead atoms. The first-order chi connectivity index (χ1) is 11.9. The van der Waals surface area contributed by atoms with Crippen LogP contribution in [0.2, 0.25) is 0 Å². The summed E-state index contributed by atoms with van der Waals surface area (Å²) in [5.41, 5.74) is 4.66. The third-order valence-electron chi connectivity index (χ3n) is 4.40. The van der Waals surface area contributed by atoms with Crippen LogP contribution in [0.3, 0.4) is 0 Å². The molecule has 0 amide bonds. The highest BCUT2D eigenvalue weighted by Gasteiger charge is 2.17. The van der Waals surface area contributed by atoms with Crippen LogP contribution in [0.4, 0.5) is 0 Å². The average molecular weight is 319 g/mol. The van der Waals surface area contributed by atoms with Crippen molar-refractivity contribution in [2.45, 2.75) is 45.4 Å². The topological polar surface area (TPSA) is 26.0 Å². The minimum Gasteiger partial charge on any atom is -0.360 e. The number of hydrogen-bond donors (Lipinski definition) is 0. The second-order valence-electron chi connectivity index (χ2n) is 6.27. The molecule has 0 atom stereocenters. The maximum absolute atomic E-state index is 5.75. The maximum Gasteiger partial charge on any atom is 0.140 e. The molecule has 0 saturated heterocycles.